The third-order valence-electron chi connectivity index (χ3n) is 2.61. The summed E-state index contributed by atoms with van der Waals surface area (Å²) in [4.78, 5) is 9.00. The number of nitrogens with two attached hydrogens (primary N) is 1. The van der Waals surface area contributed by atoms with Gasteiger partial charge >= 0.3 is 0 Å². The Kier molecular flexibility index (Phi) is 7.44. The predicted octanol–water partition coefficient (Wildman–Crippen LogP) is 2.70. The lowest BCUT2D eigenvalue weighted by Gasteiger charge is -2.11. The van der Waals surface area contributed by atoms with E-state index in [1.807, 2.05) is 47.2 Å². The number of benzene rings is 1. The summed E-state index contributed by atoms with van der Waals surface area (Å²) in [5, 5.41) is 18.6. The molecule has 1 aromatic heterocycles. The van der Waals surface area contributed by atoms with Crippen LogP contribution >= 0.6 is 15.9 Å². The quantitative estimate of drug-likeness (QED) is 0.364. The van der Waals surface area contributed by atoms with E-state index in [-0.39, 0.29) is 5.96 Å². The Labute approximate surface area is 148 Å². The summed E-state index contributed by atoms with van der Waals surface area (Å²) < 4.78 is 2.95. The van der Waals surface area contributed by atoms with Crippen LogP contribution < -0.4 is 11.2 Å². The van der Waals surface area contributed by atoms with Crippen molar-refractivity contribution in [2.24, 2.45) is 10.8 Å². The molecular weight excluding hydrogens is 374 g/mol. The molecule has 0 bridgehead atoms. The number of hydrogen-bond acceptors (Lipinski definition) is 3. The number of carboxylic acid groups (broad SMARTS) is 1. The van der Waals surface area contributed by atoms with Gasteiger partial charge in [0.05, 0.1) is 11.4 Å². The molecule has 2 aromatic rings. The first-order valence-electron chi connectivity index (χ1n) is 6.79. The van der Waals surface area contributed by atoms with Crippen LogP contribution in [-0.4, -0.2) is 27.3 Å². The molecule has 24 heavy (non-hydrogen) atoms. The highest BCUT2D eigenvalue weighted by Gasteiger charge is 2.09. The standard InChI is InChI=1S/C14H14BrN5.C2H4O2/c1-2-11(18-19-14(16)17)13-8-5-9-20(13)12-7-4-3-6-10(12)15;1-2(3)4/h2-9H,1H2,(H4,16,17,19);1H3,(H,3,4). The van der Waals surface area contributed by atoms with Crippen LogP contribution in [0, 0.1) is 5.41 Å². The summed E-state index contributed by atoms with van der Waals surface area (Å²) in [6, 6.07) is 11.7. The first kappa shape index (κ1) is 19.2. The van der Waals surface area contributed by atoms with Gasteiger partial charge in [0.25, 0.3) is 5.97 Å². The van der Waals surface area contributed by atoms with Gasteiger partial charge in [0.1, 0.15) is 5.71 Å². The summed E-state index contributed by atoms with van der Waals surface area (Å²) >= 11 is 3.53. The maximum Gasteiger partial charge on any atom is 0.300 e. The van der Waals surface area contributed by atoms with E-state index < -0.39 is 5.97 Å². The fourth-order valence-electron chi connectivity index (χ4n) is 1.77. The number of halogens is 1. The van der Waals surface area contributed by atoms with Gasteiger partial charge in [0, 0.05) is 17.6 Å². The second-order valence-corrected chi connectivity index (χ2v) is 5.31. The summed E-state index contributed by atoms with van der Waals surface area (Å²) in [5.74, 6) is -1.05. The maximum atomic E-state index is 9.00. The molecule has 0 atom stereocenters. The number of hydrazone groups is 1. The van der Waals surface area contributed by atoms with E-state index in [1.165, 1.54) is 0 Å². The number of aromatic nitrogens is 1. The molecule has 1 heterocycles. The number of guanidine groups is 1. The topological polar surface area (TPSA) is 116 Å². The van der Waals surface area contributed by atoms with Crippen LogP contribution in [0.2, 0.25) is 0 Å². The number of allylic oxidation sites excluding steroid dienone is 1. The van der Waals surface area contributed by atoms with Gasteiger partial charge in [-0.25, -0.2) is 5.43 Å². The lowest BCUT2D eigenvalue weighted by atomic mass is 10.2. The summed E-state index contributed by atoms with van der Waals surface area (Å²) in [7, 11) is 0. The van der Waals surface area contributed by atoms with Crippen molar-refractivity contribution in [2.75, 3.05) is 0 Å². The Balaban J connectivity index is 0.000000648. The van der Waals surface area contributed by atoms with Crippen LogP contribution in [-0.2, 0) is 4.79 Å². The maximum absolute atomic E-state index is 9.00. The zero-order valence-corrected chi connectivity index (χ0v) is 14.6. The number of nitrogens with zero attached hydrogens (tertiary/aromatic N) is 2. The Hall–Kier alpha value is -2.87. The normalized spacial score (nSPS) is 10.3. The average molecular weight is 392 g/mol. The Morgan fingerprint density at radius 1 is 1.42 bits per heavy atom. The molecule has 0 saturated carbocycles. The van der Waals surface area contributed by atoms with E-state index in [0.29, 0.717) is 5.71 Å². The van der Waals surface area contributed by atoms with Crippen molar-refractivity contribution in [3.05, 3.63) is 65.4 Å². The minimum absolute atomic E-state index is 0.219. The van der Waals surface area contributed by atoms with Gasteiger partial charge in [0.15, 0.2) is 0 Å². The number of carbonyl (C=O) groups is 1. The van der Waals surface area contributed by atoms with Crippen LogP contribution in [0.1, 0.15) is 12.6 Å². The number of para-hydroxylation sites is 1. The molecule has 0 fully saturated rings. The van der Waals surface area contributed by atoms with Gasteiger partial charge in [-0.05, 0) is 46.3 Å². The second kappa shape index (κ2) is 9.31. The van der Waals surface area contributed by atoms with E-state index in [0.717, 1.165) is 22.8 Å². The highest BCUT2D eigenvalue weighted by atomic mass is 79.9. The van der Waals surface area contributed by atoms with Crippen molar-refractivity contribution >= 4 is 33.6 Å². The molecule has 0 unspecified atom stereocenters. The molecule has 0 aliphatic carbocycles. The minimum atomic E-state index is -0.833. The van der Waals surface area contributed by atoms with Gasteiger partial charge in [-0.2, -0.15) is 5.10 Å². The molecule has 0 radical (unpaired) electrons. The number of hydrogen-bond donors (Lipinski definition) is 4. The monoisotopic (exact) mass is 391 g/mol. The molecule has 0 saturated heterocycles. The fraction of sp³-hybridized carbons (Fsp3) is 0.0625. The Bertz CT molecular complexity index is 763. The number of nitrogens with one attached hydrogen (secondary N) is 2. The lowest BCUT2D eigenvalue weighted by molar-refractivity contribution is -0.134. The first-order chi connectivity index (χ1) is 11.4. The molecule has 0 amide bonds. The van der Waals surface area contributed by atoms with Gasteiger partial charge < -0.3 is 15.4 Å². The third kappa shape index (κ3) is 5.73. The van der Waals surface area contributed by atoms with Crippen LogP contribution in [0.4, 0.5) is 0 Å². The smallest absolute Gasteiger partial charge is 0.300 e. The van der Waals surface area contributed by atoms with Gasteiger partial charge in [0.2, 0.25) is 5.96 Å². The molecule has 0 spiro atoms. The molecule has 8 heteroatoms. The Morgan fingerprint density at radius 2 is 2.04 bits per heavy atom. The lowest BCUT2D eigenvalue weighted by Crippen LogP contribution is -2.27. The second-order valence-electron chi connectivity index (χ2n) is 4.46. The van der Waals surface area contributed by atoms with Gasteiger partial charge in [-0.1, -0.05) is 18.7 Å². The van der Waals surface area contributed by atoms with Crippen molar-refractivity contribution in [1.82, 2.24) is 9.99 Å². The number of carboxylic acids is 1. The highest BCUT2D eigenvalue weighted by molar-refractivity contribution is 9.10. The fourth-order valence-corrected chi connectivity index (χ4v) is 2.25. The van der Waals surface area contributed by atoms with E-state index in [4.69, 9.17) is 21.0 Å². The molecule has 2 rings (SSSR count). The molecule has 0 aliphatic heterocycles. The molecule has 5 N–H and O–H groups in total. The summed E-state index contributed by atoms with van der Waals surface area (Å²) in [6.45, 7) is 4.83. The molecule has 7 nitrogen and oxygen atoms in total. The van der Waals surface area contributed by atoms with E-state index in [1.54, 1.807) is 6.08 Å². The van der Waals surface area contributed by atoms with Crippen molar-refractivity contribution in [2.45, 2.75) is 6.92 Å². The van der Waals surface area contributed by atoms with E-state index in [2.05, 4.69) is 33.0 Å². The van der Waals surface area contributed by atoms with Crippen molar-refractivity contribution < 1.29 is 9.90 Å². The van der Waals surface area contributed by atoms with Crippen molar-refractivity contribution in [3.8, 4) is 5.69 Å². The van der Waals surface area contributed by atoms with Crippen LogP contribution in [0.5, 0.6) is 0 Å². The first-order valence-corrected chi connectivity index (χ1v) is 7.58. The SMILES string of the molecule is C=CC(=NNC(=N)N)c1cccn1-c1ccccc1Br.CC(=O)O. The van der Waals surface area contributed by atoms with Crippen molar-refractivity contribution in [3.63, 3.8) is 0 Å². The third-order valence-corrected chi connectivity index (χ3v) is 3.28. The average Bonchev–Trinajstić information content (AvgIpc) is 2.97. The highest BCUT2D eigenvalue weighted by Crippen LogP contribution is 2.22. The van der Waals surface area contributed by atoms with Gasteiger partial charge in [-0.3, -0.25) is 10.2 Å². The van der Waals surface area contributed by atoms with E-state index in [9.17, 15) is 0 Å². The van der Waals surface area contributed by atoms with Crippen LogP contribution in [0.15, 0.2) is 64.8 Å². The predicted molar refractivity (Wildman–Crippen MR) is 98.6 cm³/mol. The number of rotatable bonds is 4. The largest absolute Gasteiger partial charge is 0.481 e. The summed E-state index contributed by atoms with van der Waals surface area (Å²) in [6.07, 6.45) is 3.54. The zero-order valence-electron chi connectivity index (χ0n) is 13.0. The molecule has 0 aliphatic rings. The van der Waals surface area contributed by atoms with Crippen LogP contribution in [0.3, 0.4) is 0 Å². The van der Waals surface area contributed by atoms with E-state index >= 15 is 0 Å². The molecule has 1 aromatic carbocycles. The molecule has 126 valence electrons. The minimum Gasteiger partial charge on any atom is -0.481 e. The number of aliphatic carboxylic acids is 1. The summed E-state index contributed by atoms with van der Waals surface area (Å²) in [5.41, 5.74) is 10.1. The van der Waals surface area contributed by atoms with Crippen LogP contribution in [0.25, 0.3) is 5.69 Å². The van der Waals surface area contributed by atoms with Crippen molar-refractivity contribution in [1.29, 1.82) is 5.41 Å². The molecular formula is C16H18BrN5O2. The van der Waals surface area contributed by atoms with Gasteiger partial charge in [-0.15, -0.1) is 0 Å². The zero-order chi connectivity index (χ0) is 18.1. The Morgan fingerprint density at radius 3 is 2.58 bits per heavy atom.